The van der Waals surface area contributed by atoms with Crippen LogP contribution in [0, 0.1) is 12.8 Å². The third kappa shape index (κ3) is 2.65. The van der Waals surface area contributed by atoms with Gasteiger partial charge in [-0.2, -0.15) is 0 Å². The lowest BCUT2D eigenvalue weighted by Gasteiger charge is -2.37. The Labute approximate surface area is 144 Å². The number of para-hydroxylation sites is 1. The maximum Gasteiger partial charge on any atom is 0.0757 e. The standard InChI is InChI=1S/C22H26N2/c1-15(2)14-24-13-12-19-18-6-4-5-7-20(18)23-21(19)22(24)17-10-8-16(3)9-11-17/h4-11,15,22-23H,12-14H2,1-3H3. The molecule has 0 fully saturated rings. The fourth-order valence-corrected chi connectivity index (χ4v) is 4.08. The maximum absolute atomic E-state index is 3.74. The Kier molecular flexibility index (Phi) is 3.93. The molecule has 2 heteroatoms. The minimum atomic E-state index is 0.337. The van der Waals surface area contributed by atoms with Crippen LogP contribution in [0.5, 0.6) is 0 Å². The molecule has 0 saturated heterocycles. The number of fused-ring (bicyclic) bond motifs is 3. The second-order valence-corrected chi connectivity index (χ2v) is 7.51. The molecule has 0 aliphatic carbocycles. The summed E-state index contributed by atoms with van der Waals surface area (Å²) < 4.78 is 0. The van der Waals surface area contributed by atoms with Crippen LogP contribution in [-0.4, -0.2) is 23.0 Å². The first-order valence-corrected chi connectivity index (χ1v) is 9.03. The van der Waals surface area contributed by atoms with E-state index in [9.17, 15) is 0 Å². The van der Waals surface area contributed by atoms with Crippen LogP contribution < -0.4 is 0 Å². The van der Waals surface area contributed by atoms with E-state index in [1.54, 1.807) is 0 Å². The summed E-state index contributed by atoms with van der Waals surface area (Å²) in [4.78, 5) is 6.39. The average Bonchev–Trinajstić information content (AvgIpc) is 2.94. The predicted molar refractivity (Wildman–Crippen MR) is 101 cm³/mol. The maximum atomic E-state index is 3.74. The van der Waals surface area contributed by atoms with Crippen molar-refractivity contribution in [1.29, 1.82) is 0 Å². The van der Waals surface area contributed by atoms with E-state index in [-0.39, 0.29) is 0 Å². The van der Waals surface area contributed by atoms with Crippen LogP contribution in [0.15, 0.2) is 48.5 Å². The topological polar surface area (TPSA) is 19.0 Å². The lowest BCUT2D eigenvalue weighted by molar-refractivity contribution is 0.188. The van der Waals surface area contributed by atoms with Crippen molar-refractivity contribution in [2.45, 2.75) is 33.2 Å². The Hall–Kier alpha value is -2.06. The summed E-state index contributed by atoms with van der Waals surface area (Å²) in [6.07, 6.45) is 1.13. The van der Waals surface area contributed by atoms with Gasteiger partial charge in [-0.15, -0.1) is 0 Å². The van der Waals surface area contributed by atoms with Gasteiger partial charge in [0.15, 0.2) is 0 Å². The van der Waals surface area contributed by atoms with Gasteiger partial charge in [-0.3, -0.25) is 4.90 Å². The Balaban J connectivity index is 1.86. The SMILES string of the molecule is Cc1ccc(C2c3[nH]c4ccccc4c3CCN2CC(C)C)cc1. The molecule has 1 aliphatic rings. The number of H-pyrrole nitrogens is 1. The molecule has 4 rings (SSSR count). The first kappa shape index (κ1) is 15.5. The molecular formula is C22H26N2. The van der Waals surface area contributed by atoms with Crippen LogP contribution in [0.2, 0.25) is 0 Å². The fraction of sp³-hybridized carbons (Fsp3) is 0.364. The summed E-state index contributed by atoms with van der Waals surface area (Å²) >= 11 is 0. The molecule has 0 saturated carbocycles. The molecule has 124 valence electrons. The van der Waals surface area contributed by atoms with Gasteiger partial charge in [-0.1, -0.05) is 61.9 Å². The Morgan fingerprint density at radius 3 is 2.58 bits per heavy atom. The first-order valence-electron chi connectivity index (χ1n) is 9.03. The highest BCUT2D eigenvalue weighted by atomic mass is 15.2. The summed E-state index contributed by atoms with van der Waals surface area (Å²) in [5.41, 5.74) is 6.89. The van der Waals surface area contributed by atoms with Crippen LogP contribution in [0.1, 0.15) is 42.3 Å². The van der Waals surface area contributed by atoms with Gasteiger partial charge in [0, 0.05) is 29.7 Å². The molecular weight excluding hydrogens is 292 g/mol. The van der Waals surface area contributed by atoms with Gasteiger partial charge in [0.2, 0.25) is 0 Å². The summed E-state index contributed by atoms with van der Waals surface area (Å²) in [5, 5.41) is 1.40. The minimum Gasteiger partial charge on any atom is -0.357 e. The van der Waals surface area contributed by atoms with E-state index < -0.39 is 0 Å². The lowest BCUT2D eigenvalue weighted by Crippen LogP contribution is -2.38. The fourth-order valence-electron chi connectivity index (χ4n) is 4.08. The lowest BCUT2D eigenvalue weighted by atomic mass is 9.91. The molecule has 0 radical (unpaired) electrons. The van der Waals surface area contributed by atoms with Crippen LogP contribution in [0.4, 0.5) is 0 Å². The number of rotatable bonds is 3. The second kappa shape index (κ2) is 6.10. The predicted octanol–water partition coefficient (Wildman–Crippen LogP) is 5.08. The molecule has 1 atom stereocenters. The molecule has 2 aromatic carbocycles. The molecule has 24 heavy (non-hydrogen) atoms. The summed E-state index contributed by atoms with van der Waals surface area (Å²) in [6, 6.07) is 18.1. The van der Waals surface area contributed by atoms with Gasteiger partial charge in [0.05, 0.1) is 6.04 Å². The Morgan fingerprint density at radius 1 is 1.08 bits per heavy atom. The second-order valence-electron chi connectivity index (χ2n) is 7.51. The van der Waals surface area contributed by atoms with E-state index in [1.165, 1.54) is 33.3 Å². The van der Waals surface area contributed by atoms with Crippen molar-refractivity contribution in [3.63, 3.8) is 0 Å². The third-order valence-corrected chi connectivity index (χ3v) is 5.13. The van der Waals surface area contributed by atoms with E-state index in [0.717, 1.165) is 19.5 Å². The zero-order valence-corrected chi connectivity index (χ0v) is 14.8. The van der Waals surface area contributed by atoms with E-state index >= 15 is 0 Å². The molecule has 0 amide bonds. The van der Waals surface area contributed by atoms with Gasteiger partial charge in [0.25, 0.3) is 0 Å². The molecule has 2 nitrogen and oxygen atoms in total. The van der Waals surface area contributed by atoms with Gasteiger partial charge in [0.1, 0.15) is 0 Å². The zero-order chi connectivity index (χ0) is 16.7. The number of aromatic amines is 1. The summed E-state index contributed by atoms with van der Waals surface area (Å²) in [5.74, 6) is 0.670. The van der Waals surface area contributed by atoms with Crippen LogP contribution in [0.3, 0.4) is 0 Å². The van der Waals surface area contributed by atoms with E-state index in [0.29, 0.717) is 12.0 Å². The van der Waals surface area contributed by atoms with E-state index in [4.69, 9.17) is 0 Å². The molecule has 1 unspecified atom stereocenters. The van der Waals surface area contributed by atoms with E-state index in [2.05, 4.69) is 79.2 Å². The van der Waals surface area contributed by atoms with Crippen molar-refractivity contribution in [3.05, 3.63) is 70.9 Å². The molecule has 1 aliphatic heterocycles. The van der Waals surface area contributed by atoms with Crippen molar-refractivity contribution >= 4 is 10.9 Å². The number of aromatic nitrogens is 1. The number of aryl methyl sites for hydroxylation is 1. The molecule has 1 aromatic heterocycles. The molecule has 1 N–H and O–H groups in total. The normalized spacial score (nSPS) is 18.2. The molecule has 0 spiro atoms. The average molecular weight is 318 g/mol. The molecule has 0 bridgehead atoms. The molecule has 3 aromatic rings. The van der Waals surface area contributed by atoms with Crippen LogP contribution in [-0.2, 0) is 6.42 Å². The van der Waals surface area contributed by atoms with Crippen LogP contribution >= 0.6 is 0 Å². The highest BCUT2D eigenvalue weighted by molar-refractivity contribution is 5.85. The Bertz CT molecular complexity index is 842. The van der Waals surface area contributed by atoms with Crippen molar-refractivity contribution < 1.29 is 0 Å². The third-order valence-electron chi connectivity index (χ3n) is 5.13. The summed E-state index contributed by atoms with van der Waals surface area (Å²) in [7, 11) is 0. The van der Waals surface area contributed by atoms with Gasteiger partial charge < -0.3 is 4.98 Å². The van der Waals surface area contributed by atoms with E-state index in [1.807, 2.05) is 0 Å². The molecule has 2 heterocycles. The Morgan fingerprint density at radius 2 is 1.83 bits per heavy atom. The number of nitrogens with zero attached hydrogens (tertiary/aromatic N) is 1. The van der Waals surface area contributed by atoms with Crippen LogP contribution in [0.25, 0.3) is 10.9 Å². The van der Waals surface area contributed by atoms with Gasteiger partial charge in [-0.05, 0) is 36.5 Å². The summed E-state index contributed by atoms with van der Waals surface area (Å²) in [6.45, 7) is 9.05. The monoisotopic (exact) mass is 318 g/mol. The zero-order valence-electron chi connectivity index (χ0n) is 14.8. The van der Waals surface area contributed by atoms with Crippen molar-refractivity contribution in [2.24, 2.45) is 5.92 Å². The highest BCUT2D eigenvalue weighted by Gasteiger charge is 2.31. The van der Waals surface area contributed by atoms with Gasteiger partial charge >= 0.3 is 0 Å². The largest absolute Gasteiger partial charge is 0.357 e. The quantitative estimate of drug-likeness (QED) is 0.713. The first-order chi connectivity index (χ1) is 11.6. The number of hydrogen-bond donors (Lipinski definition) is 1. The number of hydrogen-bond acceptors (Lipinski definition) is 1. The number of nitrogens with one attached hydrogen (secondary N) is 1. The van der Waals surface area contributed by atoms with Crippen molar-refractivity contribution in [1.82, 2.24) is 9.88 Å². The van der Waals surface area contributed by atoms with Crippen molar-refractivity contribution in [2.75, 3.05) is 13.1 Å². The van der Waals surface area contributed by atoms with Gasteiger partial charge in [-0.25, -0.2) is 0 Å². The highest BCUT2D eigenvalue weighted by Crippen LogP contribution is 2.38. The van der Waals surface area contributed by atoms with Crippen molar-refractivity contribution in [3.8, 4) is 0 Å². The smallest absolute Gasteiger partial charge is 0.0757 e. The number of benzene rings is 2. The minimum absolute atomic E-state index is 0.337.